The summed E-state index contributed by atoms with van der Waals surface area (Å²) in [7, 11) is 0. The van der Waals surface area contributed by atoms with E-state index in [1.807, 2.05) is 26.8 Å². The largest absolute Gasteiger partial charge is 0.477 e. The Labute approximate surface area is 118 Å². The number of carboxylic acid groups (broad SMARTS) is 1. The normalized spacial score (nSPS) is 11.8. The predicted molar refractivity (Wildman–Crippen MR) is 75.8 cm³/mol. The van der Waals surface area contributed by atoms with E-state index >= 15 is 0 Å². The number of hydrogen-bond donors (Lipinski definition) is 1. The number of hydrogen-bond acceptors (Lipinski definition) is 3. The van der Waals surface area contributed by atoms with E-state index in [1.54, 1.807) is 6.07 Å². The smallest absolute Gasteiger partial charge is 0.351 e. The summed E-state index contributed by atoms with van der Waals surface area (Å²) in [6.45, 7) is 6.00. The zero-order valence-electron chi connectivity index (χ0n) is 10.8. The van der Waals surface area contributed by atoms with Crippen molar-refractivity contribution < 1.29 is 14.3 Å². The molecular formula is C14H13BrO4. The summed E-state index contributed by atoms with van der Waals surface area (Å²) >= 11 is 3.39. The van der Waals surface area contributed by atoms with E-state index in [4.69, 9.17) is 9.52 Å². The lowest BCUT2D eigenvalue weighted by atomic mass is 9.86. The van der Waals surface area contributed by atoms with Crippen molar-refractivity contribution in [3.8, 4) is 0 Å². The third kappa shape index (κ3) is 2.56. The van der Waals surface area contributed by atoms with E-state index in [2.05, 4.69) is 15.9 Å². The van der Waals surface area contributed by atoms with Crippen LogP contribution in [0, 0.1) is 0 Å². The van der Waals surface area contributed by atoms with Crippen LogP contribution in [0.15, 0.2) is 31.9 Å². The van der Waals surface area contributed by atoms with Crippen LogP contribution >= 0.6 is 15.9 Å². The molecule has 1 heterocycles. The van der Waals surface area contributed by atoms with Gasteiger partial charge in [0.2, 0.25) is 0 Å². The van der Waals surface area contributed by atoms with E-state index in [9.17, 15) is 9.59 Å². The molecule has 0 aliphatic rings. The van der Waals surface area contributed by atoms with E-state index < -0.39 is 11.6 Å². The summed E-state index contributed by atoms with van der Waals surface area (Å²) in [5.41, 5.74) is -0.113. The van der Waals surface area contributed by atoms with Gasteiger partial charge in [-0.25, -0.2) is 9.59 Å². The molecule has 100 valence electrons. The molecule has 2 rings (SSSR count). The number of benzene rings is 1. The van der Waals surface area contributed by atoms with Crippen LogP contribution in [0.4, 0.5) is 0 Å². The molecular weight excluding hydrogens is 312 g/mol. The third-order valence-corrected chi connectivity index (χ3v) is 3.29. The van der Waals surface area contributed by atoms with Gasteiger partial charge in [-0.1, -0.05) is 36.7 Å². The van der Waals surface area contributed by atoms with Crippen molar-refractivity contribution in [3.05, 3.63) is 44.2 Å². The molecule has 0 aliphatic carbocycles. The van der Waals surface area contributed by atoms with E-state index in [-0.39, 0.29) is 11.0 Å². The maximum absolute atomic E-state index is 11.7. The highest BCUT2D eigenvalue weighted by molar-refractivity contribution is 9.10. The van der Waals surface area contributed by atoms with Crippen LogP contribution in [0.5, 0.6) is 0 Å². The van der Waals surface area contributed by atoms with Crippen molar-refractivity contribution in [2.24, 2.45) is 0 Å². The van der Waals surface area contributed by atoms with Gasteiger partial charge in [-0.05, 0) is 23.6 Å². The highest BCUT2D eigenvalue weighted by atomic mass is 79.9. The first kappa shape index (κ1) is 13.8. The highest BCUT2D eigenvalue weighted by Crippen LogP contribution is 2.32. The zero-order valence-corrected chi connectivity index (χ0v) is 12.4. The Morgan fingerprint density at radius 1 is 1.26 bits per heavy atom. The molecule has 0 bridgehead atoms. The topological polar surface area (TPSA) is 67.5 Å². The third-order valence-electron chi connectivity index (χ3n) is 2.84. The van der Waals surface area contributed by atoms with Crippen LogP contribution in [-0.4, -0.2) is 11.1 Å². The Bertz CT molecular complexity index is 723. The SMILES string of the molecule is CC(C)(C)c1cc(Br)cc2cc(C(=O)O)c(=O)oc12. The minimum Gasteiger partial charge on any atom is -0.477 e. The van der Waals surface area contributed by atoms with Crippen LogP contribution in [-0.2, 0) is 5.41 Å². The lowest BCUT2D eigenvalue weighted by Crippen LogP contribution is -2.16. The van der Waals surface area contributed by atoms with Gasteiger partial charge in [0, 0.05) is 15.4 Å². The van der Waals surface area contributed by atoms with Gasteiger partial charge in [0.05, 0.1) is 0 Å². The summed E-state index contributed by atoms with van der Waals surface area (Å²) in [5, 5.41) is 9.55. The quantitative estimate of drug-likeness (QED) is 0.814. The Morgan fingerprint density at radius 2 is 1.89 bits per heavy atom. The van der Waals surface area contributed by atoms with Crippen molar-refractivity contribution in [1.82, 2.24) is 0 Å². The van der Waals surface area contributed by atoms with Crippen molar-refractivity contribution in [2.75, 3.05) is 0 Å². The first-order chi connectivity index (χ1) is 8.70. The highest BCUT2D eigenvalue weighted by Gasteiger charge is 2.21. The molecule has 1 aromatic heterocycles. The minimum atomic E-state index is -1.28. The number of fused-ring (bicyclic) bond motifs is 1. The molecule has 1 aromatic carbocycles. The standard InChI is InChI=1S/C14H13BrO4/c1-14(2,3)10-6-8(15)4-7-5-9(12(16)17)13(18)19-11(7)10/h4-6H,1-3H3,(H,16,17). The summed E-state index contributed by atoms with van der Waals surface area (Å²) < 4.78 is 6.02. The summed E-state index contributed by atoms with van der Waals surface area (Å²) in [4.78, 5) is 22.6. The van der Waals surface area contributed by atoms with Crippen LogP contribution in [0.3, 0.4) is 0 Å². The molecule has 0 amide bonds. The average molecular weight is 325 g/mol. The number of carboxylic acids is 1. The molecule has 0 radical (unpaired) electrons. The fourth-order valence-corrected chi connectivity index (χ4v) is 2.38. The minimum absolute atomic E-state index is 0.220. The van der Waals surface area contributed by atoms with Gasteiger partial charge in [0.15, 0.2) is 0 Å². The van der Waals surface area contributed by atoms with Crippen molar-refractivity contribution in [1.29, 1.82) is 0 Å². The number of halogens is 1. The van der Waals surface area contributed by atoms with Crippen molar-refractivity contribution >= 4 is 32.9 Å². The van der Waals surface area contributed by atoms with Gasteiger partial charge < -0.3 is 9.52 Å². The maximum atomic E-state index is 11.7. The molecule has 19 heavy (non-hydrogen) atoms. The van der Waals surface area contributed by atoms with Gasteiger partial charge in [-0.2, -0.15) is 0 Å². The predicted octanol–water partition coefficient (Wildman–Crippen LogP) is 3.55. The first-order valence-corrected chi connectivity index (χ1v) is 6.50. The fourth-order valence-electron chi connectivity index (χ4n) is 1.90. The first-order valence-electron chi connectivity index (χ1n) is 5.71. The Morgan fingerprint density at radius 3 is 2.42 bits per heavy atom. The molecule has 0 unspecified atom stereocenters. The molecule has 0 saturated heterocycles. The lowest BCUT2D eigenvalue weighted by Gasteiger charge is -2.20. The van der Waals surface area contributed by atoms with Crippen molar-refractivity contribution in [3.63, 3.8) is 0 Å². The molecule has 5 heteroatoms. The van der Waals surface area contributed by atoms with Crippen LogP contribution < -0.4 is 5.63 Å². The molecule has 0 aliphatic heterocycles. The molecule has 1 N–H and O–H groups in total. The maximum Gasteiger partial charge on any atom is 0.351 e. The van der Waals surface area contributed by atoms with Gasteiger partial charge in [0.1, 0.15) is 11.1 Å². The second kappa shape index (κ2) is 4.49. The van der Waals surface area contributed by atoms with E-state index in [1.165, 1.54) is 6.07 Å². The molecule has 2 aromatic rings. The second-order valence-electron chi connectivity index (χ2n) is 5.37. The van der Waals surface area contributed by atoms with E-state index in [0.717, 1.165) is 10.0 Å². The average Bonchev–Trinajstić information content (AvgIpc) is 2.26. The van der Waals surface area contributed by atoms with Gasteiger partial charge in [-0.15, -0.1) is 0 Å². The van der Waals surface area contributed by atoms with Crippen LogP contribution in [0.2, 0.25) is 0 Å². The molecule has 0 spiro atoms. The van der Waals surface area contributed by atoms with Crippen LogP contribution in [0.1, 0.15) is 36.7 Å². The lowest BCUT2D eigenvalue weighted by molar-refractivity contribution is 0.0692. The number of aromatic carboxylic acids is 1. The van der Waals surface area contributed by atoms with Gasteiger partial charge in [-0.3, -0.25) is 0 Å². The van der Waals surface area contributed by atoms with Gasteiger partial charge in [0.25, 0.3) is 0 Å². The summed E-state index contributed by atoms with van der Waals surface area (Å²) in [6.07, 6.45) is 0. The van der Waals surface area contributed by atoms with Crippen molar-refractivity contribution in [2.45, 2.75) is 26.2 Å². The zero-order chi connectivity index (χ0) is 14.4. The number of rotatable bonds is 1. The Kier molecular flexibility index (Phi) is 3.26. The van der Waals surface area contributed by atoms with Gasteiger partial charge >= 0.3 is 11.6 Å². The number of carbonyl (C=O) groups is 1. The molecule has 0 fully saturated rings. The molecule has 0 atom stereocenters. The summed E-state index contributed by atoms with van der Waals surface area (Å²) in [6, 6.07) is 4.97. The summed E-state index contributed by atoms with van der Waals surface area (Å²) in [5.74, 6) is -1.28. The molecule has 4 nitrogen and oxygen atoms in total. The monoisotopic (exact) mass is 324 g/mol. The Hall–Kier alpha value is -1.62. The second-order valence-corrected chi connectivity index (χ2v) is 6.29. The Balaban J connectivity index is 2.91. The molecule has 0 saturated carbocycles. The van der Waals surface area contributed by atoms with Crippen LogP contribution in [0.25, 0.3) is 11.0 Å². The fraction of sp³-hybridized carbons (Fsp3) is 0.286. The van der Waals surface area contributed by atoms with E-state index in [0.29, 0.717) is 11.0 Å².